The minimum Gasteiger partial charge on any atom is -0.506 e. The second-order valence-corrected chi connectivity index (χ2v) is 6.90. The number of aryl methyl sites for hydroxylation is 1. The van der Waals surface area contributed by atoms with Crippen molar-refractivity contribution in [1.29, 1.82) is 0 Å². The first-order chi connectivity index (χ1) is 12.9. The van der Waals surface area contributed by atoms with Crippen molar-refractivity contribution in [2.75, 3.05) is 26.2 Å². The number of benzene rings is 1. The highest BCUT2D eigenvalue weighted by Gasteiger charge is 2.21. The molecule has 27 heavy (non-hydrogen) atoms. The molecule has 0 spiro atoms. The van der Waals surface area contributed by atoms with Gasteiger partial charge in [0, 0.05) is 58.0 Å². The summed E-state index contributed by atoms with van der Waals surface area (Å²) in [5, 5.41) is 9.81. The molecule has 3 rings (SSSR count). The molecule has 0 bridgehead atoms. The quantitative estimate of drug-likeness (QED) is 0.777. The van der Waals surface area contributed by atoms with Crippen LogP contribution < -0.4 is 11.2 Å². The summed E-state index contributed by atoms with van der Waals surface area (Å²) in [6.07, 6.45) is 1.61. The summed E-state index contributed by atoms with van der Waals surface area (Å²) < 4.78 is 1.32. The number of H-pyrrole nitrogens is 1. The van der Waals surface area contributed by atoms with E-state index in [0.29, 0.717) is 24.7 Å². The molecule has 8 nitrogen and oxygen atoms in total. The van der Waals surface area contributed by atoms with E-state index in [4.69, 9.17) is 11.6 Å². The smallest absolute Gasteiger partial charge is 0.328 e. The maximum absolute atomic E-state index is 12.4. The van der Waals surface area contributed by atoms with E-state index in [2.05, 4.69) is 9.88 Å². The number of piperazine rings is 1. The topological polar surface area (TPSA) is 98.6 Å². The summed E-state index contributed by atoms with van der Waals surface area (Å²) in [5.41, 5.74) is 0.0521. The van der Waals surface area contributed by atoms with E-state index in [1.54, 1.807) is 17.0 Å². The van der Waals surface area contributed by atoms with Gasteiger partial charge in [-0.05, 0) is 17.7 Å². The molecule has 0 radical (unpaired) electrons. The van der Waals surface area contributed by atoms with Crippen LogP contribution in [0.25, 0.3) is 0 Å². The SMILES string of the molecule is O=C(CCn1ccc(=O)[nH]c1=O)N1CCN(Cc2ccc(O)c(Cl)c2)CC1. The number of aromatic nitrogens is 2. The summed E-state index contributed by atoms with van der Waals surface area (Å²) in [6, 6.07) is 6.42. The number of amides is 1. The minimum absolute atomic E-state index is 0.0135. The maximum Gasteiger partial charge on any atom is 0.328 e. The lowest BCUT2D eigenvalue weighted by Crippen LogP contribution is -2.48. The molecule has 1 aromatic carbocycles. The number of hydrogen-bond acceptors (Lipinski definition) is 5. The highest BCUT2D eigenvalue weighted by molar-refractivity contribution is 6.32. The lowest BCUT2D eigenvalue weighted by molar-refractivity contribution is -0.133. The predicted molar refractivity (Wildman–Crippen MR) is 101 cm³/mol. The van der Waals surface area contributed by atoms with Gasteiger partial charge in [-0.25, -0.2) is 4.79 Å². The maximum atomic E-state index is 12.4. The minimum atomic E-state index is -0.507. The fourth-order valence-electron chi connectivity index (χ4n) is 3.06. The Bertz CT molecular complexity index is 931. The molecule has 1 aliphatic rings. The zero-order valence-corrected chi connectivity index (χ0v) is 15.5. The van der Waals surface area contributed by atoms with Crippen LogP contribution in [0.15, 0.2) is 40.1 Å². The van der Waals surface area contributed by atoms with E-state index in [1.165, 1.54) is 16.8 Å². The Hall–Kier alpha value is -2.58. The van der Waals surface area contributed by atoms with E-state index >= 15 is 0 Å². The van der Waals surface area contributed by atoms with Gasteiger partial charge in [0.05, 0.1) is 5.02 Å². The van der Waals surface area contributed by atoms with E-state index < -0.39 is 11.2 Å². The van der Waals surface area contributed by atoms with E-state index in [-0.39, 0.29) is 24.6 Å². The number of halogens is 1. The van der Waals surface area contributed by atoms with Crippen LogP contribution in [0.3, 0.4) is 0 Å². The van der Waals surface area contributed by atoms with Crippen molar-refractivity contribution in [3.8, 4) is 5.75 Å². The number of carbonyl (C=O) groups is 1. The zero-order chi connectivity index (χ0) is 19.4. The Morgan fingerprint density at radius 2 is 1.89 bits per heavy atom. The Labute approximate surface area is 160 Å². The fourth-order valence-corrected chi connectivity index (χ4v) is 3.26. The summed E-state index contributed by atoms with van der Waals surface area (Å²) >= 11 is 5.94. The number of aromatic amines is 1. The van der Waals surface area contributed by atoms with Gasteiger partial charge in [-0.15, -0.1) is 0 Å². The number of aromatic hydroxyl groups is 1. The van der Waals surface area contributed by atoms with Crippen molar-refractivity contribution in [2.24, 2.45) is 0 Å². The molecule has 2 N–H and O–H groups in total. The van der Waals surface area contributed by atoms with Crippen LogP contribution in [0.4, 0.5) is 0 Å². The molecule has 2 heterocycles. The van der Waals surface area contributed by atoms with E-state index in [1.807, 2.05) is 6.07 Å². The average molecular weight is 393 g/mol. The van der Waals surface area contributed by atoms with Gasteiger partial charge in [0.25, 0.3) is 5.56 Å². The molecule has 0 atom stereocenters. The molecule has 144 valence electrons. The number of nitrogens with one attached hydrogen (secondary N) is 1. The summed E-state index contributed by atoms with van der Waals surface area (Å²) in [4.78, 5) is 41.3. The standard InChI is InChI=1S/C18H21ClN4O4/c19-14-11-13(1-2-15(14)24)12-21-7-9-22(10-8-21)17(26)4-6-23-5-3-16(25)20-18(23)27/h1-3,5,11,24H,4,6-10,12H2,(H,20,25,27). The van der Waals surface area contributed by atoms with Crippen LogP contribution in [0.5, 0.6) is 5.75 Å². The molecule has 1 amide bonds. The van der Waals surface area contributed by atoms with Crippen LogP contribution in [-0.4, -0.2) is 56.5 Å². The van der Waals surface area contributed by atoms with Gasteiger partial charge in [0.2, 0.25) is 5.91 Å². The van der Waals surface area contributed by atoms with Gasteiger partial charge in [0.1, 0.15) is 5.75 Å². The lowest BCUT2D eigenvalue weighted by atomic mass is 10.2. The Morgan fingerprint density at radius 3 is 2.56 bits per heavy atom. The van der Waals surface area contributed by atoms with Crippen LogP contribution >= 0.6 is 11.6 Å². The third-order valence-electron chi connectivity index (χ3n) is 4.61. The Morgan fingerprint density at radius 1 is 1.15 bits per heavy atom. The molecule has 1 saturated heterocycles. The Kier molecular flexibility index (Phi) is 5.98. The summed E-state index contributed by atoms with van der Waals surface area (Å²) in [5.74, 6) is 0.0536. The summed E-state index contributed by atoms with van der Waals surface area (Å²) in [7, 11) is 0. The molecule has 2 aromatic rings. The van der Waals surface area contributed by atoms with Crippen LogP contribution in [-0.2, 0) is 17.9 Å². The third kappa shape index (κ3) is 4.99. The monoisotopic (exact) mass is 392 g/mol. The number of carbonyl (C=O) groups excluding carboxylic acids is 1. The van der Waals surface area contributed by atoms with Gasteiger partial charge in [0.15, 0.2) is 0 Å². The zero-order valence-electron chi connectivity index (χ0n) is 14.7. The largest absolute Gasteiger partial charge is 0.506 e. The van der Waals surface area contributed by atoms with Crippen molar-refractivity contribution >= 4 is 17.5 Å². The molecule has 0 unspecified atom stereocenters. The first-order valence-corrected chi connectivity index (χ1v) is 9.07. The number of rotatable bonds is 5. The molecule has 0 aliphatic carbocycles. The van der Waals surface area contributed by atoms with Gasteiger partial charge in [-0.2, -0.15) is 0 Å². The van der Waals surface area contributed by atoms with Crippen LogP contribution in [0.2, 0.25) is 5.02 Å². The molecular weight excluding hydrogens is 372 g/mol. The highest BCUT2D eigenvalue weighted by atomic mass is 35.5. The number of hydrogen-bond donors (Lipinski definition) is 2. The molecule has 1 aromatic heterocycles. The molecule has 9 heteroatoms. The third-order valence-corrected chi connectivity index (χ3v) is 4.91. The number of phenols is 1. The lowest BCUT2D eigenvalue weighted by Gasteiger charge is -2.35. The molecule has 1 fully saturated rings. The second-order valence-electron chi connectivity index (χ2n) is 6.50. The average Bonchev–Trinajstić information content (AvgIpc) is 2.64. The molecule has 0 saturated carbocycles. The molecular formula is C18H21ClN4O4. The second kappa shape index (κ2) is 8.41. The Balaban J connectivity index is 1.48. The van der Waals surface area contributed by atoms with Gasteiger partial charge < -0.3 is 14.6 Å². The van der Waals surface area contributed by atoms with E-state index in [0.717, 1.165) is 18.7 Å². The van der Waals surface area contributed by atoms with Gasteiger partial charge >= 0.3 is 5.69 Å². The first kappa shape index (κ1) is 19.2. The van der Waals surface area contributed by atoms with Crippen molar-refractivity contribution in [3.63, 3.8) is 0 Å². The van der Waals surface area contributed by atoms with Crippen LogP contribution in [0.1, 0.15) is 12.0 Å². The highest BCUT2D eigenvalue weighted by Crippen LogP contribution is 2.24. The van der Waals surface area contributed by atoms with Crippen molar-refractivity contribution < 1.29 is 9.90 Å². The fraction of sp³-hybridized carbons (Fsp3) is 0.389. The first-order valence-electron chi connectivity index (χ1n) is 8.69. The van der Waals surface area contributed by atoms with Crippen LogP contribution in [0, 0.1) is 0 Å². The van der Waals surface area contributed by atoms with Gasteiger partial charge in [-0.1, -0.05) is 17.7 Å². The normalized spacial score (nSPS) is 15.1. The van der Waals surface area contributed by atoms with Gasteiger partial charge in [-0.3, -0.25) is 19.5 Å². The molecule has 1 aliphatic heterocycles. The number of phenolic OH excluding ortho intramolecular Hbond substituents is 1. The van der Waals surface area contributed by atoms with Crippen molar-refractivity contribution in [3.05, 3.63) is 61.9 Å². The van der Waals surface area contributed by atoms with Crippen molar-refractivity contribution in [1.82, 2.24) is 19.4 Å². The predicted octanol–water partition coefficient (Wildman–Crippen LogP) is 0.630. The number of nitrogens with zero attached hydrogens (tertiary/aromatic N) is 3. The van der Waals surface area contributed by atoms with E-state index in [9.17, 15) is 19.5 Å². The summed E-state index contributed by atoms with van der Waals surface area (Å²) in [6.45, 7) is 3.65. The van der Waals surface area contributed by atoms with Crippen molar-refractivity contribution in [2.45, 2.75) is 19.5 Å².